The van der Waals surface area contributed by atoms with Gasteiger partial charge in [-0.15, -0.1) is 10.0 Å². The fourth-order valence-electron chi connectivity index (χ4n) is 4.10. The first-order valence-corrected chi connectivity index (χ1v) is 13.7. The predicted molar refractivity (Wildman–Crippen MR) is 148 cm³/mol. The number of fused-ring (bicyclic) bond motifs is 1. The molecule has 3 heterocycles. The van der Waals surface area contributed by atoms with Crippen molar-refractivity contribution < 1.29 is 37.7 Å². The zero-order chi connectivity index (χ0) is 30.9. The topological polar surface area (TPSA) is 127 Å². The monoisotopic (exact) mass is 602 g/mol. The van der Waals surface area contributed by atoms with Crippen molar-refractivity contribution in [2.75, 3.05) is 49.3 Å². The van der Waals surface area contributed by atoms with Gasteiger partial charge in [-0.3, -0.25) is 4.90 Å². The first-order chi connectivity index (χ1) is 18.8. The summed E-state index contributed by atoms with van der Waals surface area (Å²) < 4.78 is 38.3. The number of nitrogens with zero attached hydrogens (tertiary/aromatic N) is 6. The van der Waals surface area contributed by atoms with E-state index in [9.17, 15) is 14.4 Å². The van der Waals surface area contributed by atoms with Crippen molar-refractivity contribution in [3.63, 3.8) is 0 Å². The van der Waals surface area contributed by atoms with Gasteiger partial charge in [0, 0.05) is 26.2 Å². The summed E-state index contributed by atoms with van der Waals surface area (Å²) in [5, 5.41) is 0.114. The van der Waals surface area contributed by atoms with Gasteiger partial charge in [0.1, 0.15) is 16.8 Å². The Morgan fingerprint density at radius 2 is 1.41 bits per heavy atom. The maximum Gasteiger partial charge on any atom is 0.440 e. The van der Waals surface area contributed by atoms with Crippen molar-refractivity contribution in [1.82, 2.24) is 19.9 Å². The number of imide groups is 1. The van der Waals surface area contributed by atoms with Gasteiger partial charge in [0.15, 0.2) is 5.82 Å². The molecule has 230 valence electrons. The van der Waals surface area contributed by atoms with Crippen molar-refractivity contribution >= 4 is 41.5 Å². The normalized spacial score (nSPS) is 18.3. The summed E-state index contributed by atoms with van der Waals surface area (Å²) in [5.41, 5.74) is -3.33. The number of carbonyl (C=O) groups excluding carboxylic acids is 3. The summed E-state index contributed by atoms with van der Waals surface area (Å²) in [4.78, 5) is 52.4. The number of rotatable bonds is 2. The molecule has 0 radical (unpaired) electrons. The number of hydrogen-bond acceptors (Lipinski definition) is 11. The number of amides is 3. The molecule has 0 spiro atoms. The van der Waals surface area contributed by atoms with Crippen LogP contribution < -0.4 is 9.91 Å². The Morgan fingerprint density at radius 1 is 0.878 bits per heavy atom. The highest BCUT2D eigenvalue weighted by Gasteiger charge is 2.44. The third kappa shape index (κ3) is 8.76. The molecule has 0 unspecified atom stereocenters. The Bertz CT molecular complexity index is 1120. The van der Waals surface area contributed by atoms with E-state index in [1.807, 2.05) is 0 Å². The van der Waals surface area contributed by atoms with Gasteiger partial charge in [-0.2, -0.15) is 14.4 Å². The first kappa shape index (κ1) is 32.5. The van der Waals surface area contributed by atoms with Crippen LogP contribution in [0.4, 0.5) is 30.4 Å². The minimum Gasteiger partial charge on any atom is -0.442 e. The standard InChI is InChI=1S/C26H40ClFN6O7/c1-24(2,3)39-21(35)33(34(22(36)40-25(4,5)6)23(37)41-26(7,8)9)19-17(28)18(29-20(27)30-19)32-11-10-31-12-13-38-15-16(31)14-32/h16H,10-15H2,1-9H3/t16-/m1/s1. The van der Waals surface area contributed by atoms with Crippen LogP contribution in [0, 0.1) is 5.82 Å². The maximum atomic E-state index is 16.4. The zero-order valence-electron chi connectivity index (χ0n) is 25.1. The highest BCUT2D eigenvalue weighted by molar-refractivity contribution is 6.28. The van der Waals surface area contributed by atoms with Crippen LogP contribution in [0.5, 0.6) is 0 Å². The van der Waals surface area contributed by atoms with Gasteiger partial charge >= 0.3 is 18.3 Å². The van der Waals surface area contributed by atoms with Gasteiger partial charge in [-0.1, -0.05) is 0 Å². The van der Waals surface area contributed by atoms with Crippen LogP contribution in [-0.4, -0.2) is 100 Å². The molecular weight excluding hydrogens is 563 g/mol. The predicted octanol–water partition coefficient (Wildman–Crippen LogP) is 4.62. The maximum absolute atomic E-state index is 16.4. The molecule has 13 nitrogen and oxygen atoms in total. The van der Waals surface area contributed by atoms with E-state index in [2.05, 4.69) is 14.9 Å². The summed E-state index contributed by atoms with van der Waals surface area (Å²) >= 11 is 6.26. The van der Waals surface area contributed by atoms with Gasteiger partial charge in [0.05, 0.1) is 19.3 Å². The molecular formula is C26H40ClFN6O7. The van der Waals surface area contributed by atoms with Gasteiger partial charge in [0.25, 0.3) is 0 Å². The van der Waals surface area contributed by atoms with Crippen LogP contribution in [0.1, 0.15) is 62.3 Å². The molecule has 0 aliphatic carbocycles. The Labute approximate surface area is 244 Å². The molecule has 1 atom stereocenters. The molecule has 3 rings (SSSR count). The van der Waals surface area contributed by atoms with E-state index in [0.29, 0.717) is 37.9 Å². The van der Waals surface area contributed by atoms with Gasteiger partial charge in [-0.25, -0.2) is 14.4 Å². The number of hydrazine groups is 1. The van der Waals surface area contributed by atoms with Crippen LogP contribution in [0.2, 0.25) is 5.28 Å². The molecule has 2 aliphatic heterocycles. The quantitative estimate of drug-likeness (QED) is 0.267. The van der Waals surface area contributed by atoms with Gasteiger partial charge < -0.3 is 23.8 Å². The molecule has 2 aliphatic rings. The summed E-state index contributed by atoms with van der Waals surface area (Å²) in [7, 11) is 0. The molecule has 3 amide bonds. The smallest absolute Gasteiger partial charge is 0.440 e. The lowest BCUT2D eigenvalue weighted by Gasteiger charge is -2.44. The van der Waals surface area contributed by atoms with Crippen LogP contribution in [0.25, 0.3) is 0 Å². The van der Waals surface area contributed by atoms with Crippen LogP contribution >= 0.6 is 11.6 Å². The molecule has 0 N–H and O–H groups in total. The molecule has 2 fully saturated rings. The lowest BCUT2D eigenvalue weighted by atomic mass is 10.1. The van der Waals surface area contributed by atoms with E-state index < -0.39 is 52.0 Å². The van der Waals surface area contributed by atoms with Crippen molar-refractivity contribution in [3.05, 3.63) is 11.1 Å². The minimum absolute atomic E-state index is 0.0175. The third-order valence-corrected chi connectivity index (χ3v) is 5.80. The lowest BCUT2D eigenvalue weighted by Crippen LogP contribution is -2.59. The van der Waals surface area contributed by atoms with Crippen LogP contribution in [0.3, 0.4) is 0 Å². The Balaban J connectivity index is 2.16. The number of carbonyl (C=O) groups is 3. The molecule has 41 heavy (non-hydrogen) atoms. The van der Waals surface area contributed by atoms with E-state index in [1.165, 1.54) is 0 Å². The molecule has 0 saturated carbocycles. The first-order valence-electron chi connectivity index (χ1n) is 13.3. The largest absolute Gasteiger partial charge is 0.442 e. The Morgan fingerprint density at radius 3 is 1.95 bits per heavy atom. The summed E-state index contributed by atoms with van der Waals surface area (Å²) in [6.07, 6.45) is -3.97. The summed E-state index contributed by atoms with van der Waals surface area (Å²) in [6, 6.07) is -0.0175. The fraction of sp³-hybridized carbons (Fsp3) is 0.731. The van der Waals surface area contributed by atoms with Crippen molar-refractivity contribution in [3.8, 4) is 0 Å². The molecule has 0 aromatic carbocycles. The summed E-state index contributed by atoms with van der Waals surface area (Å²) in [6.45, 7) is 17.3. The molecule has 1 aromatic rings. The van der Waals surface area contributed by atoms with Crippen LogP contribution in [0.15, 0.2) is 0 Å². The second-order valence-electron chi connectivity index (χ2n) is 12.7. The number of hydrogen-bond donors (Lipinski definition) is 0. The number of aromatic nitrogens is 2. The Hall–Kier alpha value is -2.97. The number of piperazine rings is 1. The summed E-state index contributed by atoms with van der Waals surface area (Å²) in [5.74, 6) is -2.12. The number of halogens is 2. The lowest BCUT2D eigenvalue weighted by molar-refractivity contribution is -0.0119. The Kier molecular flexibility index (Phi) is 9.60. The second-order valence-corrected chi connectivity index (χ2v) is 13.1. The molecule has 2 saturated heterocycles. The zero-order valence-corrected chi connectivity index (χ0v) is 25.9. The molecule has 15 heteroatoms. The van der Waals surface area contributed by atoms with E-state index in [1.54, 1.807) is 67.2 Å². The van der Waals surface area contributed by atoms with E-state index in [0.717, 1.165) is 6.54 Å². The van der Waals surface area contributed by atoms with E-state index >= 15 is 4.39 Å². The van der Waals surface area contributed by atoms with Crippen molar-refractivity contribution in [2.24, 2.45) is 0 Å². The third-order valence-electron chi connectivity index (χ3n) is 5.63. The second kappa shape index (κ2) is 12.1. The number of morpholine rings is 1. The number of anilines is 2. The SMILES string of the molecule is CC(C)(C)OC(=O)N(C(=O)OC(C)(C)C)N(C(=O)OC(C)(C)C)c1nc(Cl)nc(N2CCN3CCOC[C@H]3C2)c1F. The fourth-order valence-corrected chi connectivity index (χ4v) is 4.26. The van der Waals surface area contributed by atoms with E-state index in [-0.39, 0.29) is 16.9 Å². The molecule has 0 bridgehead atoms. The highest BCUT2D eigenvalue weighted by atomic mass is 35.5. The number of ether oxygens (including phenoxy) is 4. The average molecular weight is 603 g/mol. The van der Waals surface area contributed by atoms with Crippen molar-refractivity contribution in [1.29, 1.82) is 0 Å². The van der Waals surface area contributed by atoms with Crippen LogP contribution in [-0.2, 0) is 18.9 Å². The average Bonchev–Trinajstić information content (AvgIpc) is 2.80. The van der Waals surface area contributed by atoms with Crippen molar-refractivity contribution in [2.45, 2.75) is 85.2 Å². The highest BCUT2D eigenvalue weighted by Crippen LogP contribution is 2.32. The minimum atomic E-state index is -1.33. The molecule has 1 aromatic heterocycles. The van der Waals surface area contributed by atoms with E-state index in [4.69, 9.17) is 30.5 Å². The van der Waals surface area contributed by atoms with Gasteiger partial charge in [-0.05, 0) is 73.9 Å². The van der Waals surface area contributed by atoms with Gasteiger partial charge in [0.2, 0.25) is 16.9 Å².